The standard InChI is InChI=1S/C20H22BrN/c1-20-11-10-17-16(8-5-9-19(17)21)18(20)13-22(14-20)12-15-6-3-2-4-7-15/h2-9,18H,10-14H2,1H3/t18-,20-/m0/s1. The molecule has 114 valence electrons. The summed E-state index contributed by atoms with van der Waals surface area (Å²) in [4.78, 5) is 2.65. The fourth-order valence-electron chi connectivity index (χ4n) is 4.43. The Bertz CT molecular complexity index is 681. The summed E-state index contributed by atoms with van der Waals surface area (Å²) in [5.74, 6) is 0.678. The quantitative estimate of drug-likeness (QED) is 0.732. The highest BCUT2D eigenvalue weighted by molar-refractivity contribution is 9.10. The number of halogens is 1. The van der Waals surface area contributed by atoms with E-state index in [0.717, 1.165) is 6.54 Å². The topological polar surface area (TPSA) is 3.24 Å². The average Bonchev–Trinajstić information content (AvgIpc) is 2.85. The van der Waals surface area contributed by atoms with Crippen LogP contribution < -0.4 is 0 Å². The zero-order chi connectivity index (χ0) is 15.2. The molecule has 2 heteroatoms. The summed E-state index contributed by atoms with van der Waals surface area (Å²) in [5, 5.41) is 0. The Kier molecular flexibility index (Phi) is 3.62. The van der Waals surface area contributed by atoms with E-state index in [1.807, 2.05) is 0 Å². The zero-order valence-electron chi connectivity index (χ0n) is 13.1. The van der Waals surface area contributed by atoms with Crippen molar-refractivity contribution in [3.63, 3.8) is 0 Å². The van der Waals surface area contributed by atoms with Gasteiger partial charge in [-0.25, -0.2) is 0 Å². The van der Waals surface area contributed by atoms with Crippen molar-refractivity contribution < 1.29 is 0 Å². The van der Waals surface area contributed by atoms with E-state index >= 15 is 0 Å². The van der Waals surface area contributed by atoms with Gasteiger partial charge >= 0.3 is 0 Å². The van der Waals surface area contributed by atoms with Gasteiger partial charge in [-0.2, -0.15) is 0 Å². The predicted molar refractivity (Wildman–Crippen MR) is 95.0 cm³/mol. The van der Waals surface area contributed by atoms with Gasteiger partial charge in [-0.3, -0.25) is 4.90 Å². The van der Waals surface area contributed by atoms with E-state index in [4.69, 9.17) is 0 Å². The molecule has 1 aliphatic carbocycles. The van der Waals surface area contributed by atoms with Crippen molar-refractivity contribution >= 4 is 15.9 Å². The van der Waals surface area contributed by atoms with Crippen molar-refractivity contribution in [1.29, 1.82) is 0 Å². The van der Waals surface area contributed by atoms with Gasteiger partial charge in [0.1, 0.15) is 0 Å². The van der Waals surface area contributed by atoms with Gasteiger partial charge in [0.25, 0.3) is 0 Å². The van der Waals surface area contributed by atoms with Gasteiger partial charge in [-0.1, -0.05) is 65.3 Å². The number of hydrogen-bond donors (Lipinski definition) is 0. The third-order valence-electron chi connectivity index (χ3n) is 5.59. The fraction of sp³-hybridized carbons (Fsp3) is 0.400. The summed E-state index contributed by atoms with van der Waals surface area (Å²) in [6, 6.07) is 17.6. The van der Waals surface area contributed by atoms with E-state index in [1.165, 1.54) is 36.0 Å². The van der Waals surface area contributed by atoms with Crippen LogP contribution in [0.3, 0.4) is 0 Å². The van der Waals surface area contributed by atoms with Gasteiger partial charge in [0, 0.05) is 30.0 Å². The van der Waals surface area contributed by atoms with Crippen LogP contribution in [0.25, 0.3) is 0 Å². The average molecular weight is 356 g/mol. The molecule has 4 rings (SSSR count). The largest absolute Gasteiger partial charge is 0.298 e. The van der Waals surface area contributed by atoms with Crippen LogP contribution in [0.4, 0.5) is 0 Å². The van der Waals surface area contributed by atoms with E-state index in [1.54, 1.807) is 11.1 Å². The van der Waals surface area contributed by atoms with Crippen LogP contribution in [-0.4, -0.2) is 18.0 Å². The summed E-state index contributed by atoms with van der Waals surface area (Å²) in [6.45, 7) is 5.98. The van der Waals surface area contributed by atoms with E-state index in [2.05, 4.69) is 76.3 Å². The van der Waals surface area contributed by atoms with E-state index in [9.17, 15) is 0 Å². The second-order valence-corrected chi connectivity index (χ2v) is 8.02. The van der Waals surface area contributed by atoms with Gasteiger partial charge in [0.15, 0.2) is 0 Å². The van der Waals surface area contributed by atoms with E-state index < -0.39 is 0 Å². The molecule has 0 spiro atoms. The Morgan fingerprint density at radius 2 is 1.95 bits per heavy atom. The van der Waals surface area contributed by atoms with Crippen molar-refractivity contribution in [1.82, 2.24) is 4.90 Å². The first-order valence-electron chi connectivity index (χ1n) is 8.19. The lowest BCUT2D eigenvalue weighted by Gasteiger charge is -2.37. The molecule has 0 aromatic heterocycles. The first kappa shape index (κ1) is 14.5. The van der Waals surface area contributed by atoms with Gasteiger partial charge in [0.05, 0.1) is 0 Å². The highest BCUT2D eigenvalue weighted by atomic mass is 79.9. The Labute approximate surface area is 141 Å². The molecule has 2 atom stereocenters. The lowest BCUT2D eigenvalue weighted by atomic mass is 9.67. The third kappa shape index (κ3) is 2.43. The molecular weight excluding hydrogens is 334 g/mol. The molecule has 1 heterocycles. The molecule has 2 aliphatic rings. The Morgan fingerprint density at radius 3 is 2.77 bits per heavy atom. The molecule has 0 radical (unpaired) electrons. The summed E-state index contributed by atoms with van der Waals surface area (Å²) in [5.41, 5.74) is 4.99. The highest BCUT2D eigenvalue weighted by Crippen LogP contribution is 2.51. The Balaban J connectivity index is 1.61. The Morgan fingerprint density at radius 1 is 1.14 bits per heavy atom. The molecule has 1 nitrogen and oxygen atoms in total. The maximum absolute atomic E-state index is 3.75. The lowest BCUT2D eigenvalue weighted by molar-refractivity contribution is 0.240. The number of nitrogens with zero attached hydrogens (tertiary/aromatic N) is 1. The van der Waals surface area contributed by atoms with Crippen molar-refractivity contribution in [2.45, 2.75) is 32.2 Å². The maximum atomic E-state index is 3.75. The van der Waals surface area contributed by atoms with Crippen molar-refractivity contribution in [2.24, 2.45) is 5.41 Å². The van der Waals surface area contributed by atoms with Gasteiger partial charge < -0.3 is 0 Å². The van der Waals surface area contributed by atoms with E-state index in [-0.39, 0.29) is 0 Å². The normalized spacial score (nSPS) is 27.5. The van der Waals surface area contributed by atoms with Crippen LogP contribution >= 0.6 is 15.9 Å². The molecule has 1 saturated heterocycles. The summed E-state index contributed by atoms with van der Waals surface area (Å²) < 4.78 is 1.30. The van der Waals surface area contributed by atoms with Gasteiger partial charge in [-0.05, 0) is 41.0 Å². The van der Waals surface area contributed by atoms with Gasteiger partial charge in [0.2, 0.25) is 0 Å². The summed E-state index contributed by atoms with van der Waals surface area (Å²) in [7, 11) is 0. The Hall–Kier alpha value is -1.12. The molecule has 2 aromatic rings. The van der Waals surface area contributed by atoms with Crippen LogP contribution in [0, 0.1) is 5.41 Å². The summed E-state index contributed by atoms with van der Waals surface area (Å²) in [6.07, 6.45) is 2.52. The first-order chi connectivity index (χ1) is 10.7. The monoisotopic (exact) mass is 355 g/mol. The second-order valence-electron chi connectivity index (χ2n) is 7.17. The number of benzene rings is 2. The van der Waals surface area contributed by atoms with Crippen LogP contribution in [0.2, 0.25) is 0 Å². The van der Waals surface area contributed by atoms with Gasteiger partial charge in [-0.15, -0.1) is 0 Å². The molecule has 0 bridgehead atoms. The molecule has 0 N–H and O–H groups in total. The van der Waals surface area contributed by atoms with Crippen molar-refractivity contribution in [3.8, 4) is 0 Å². The van der Waals surface area contributed by atoms with E-state index in [0.29, 0.717) is 11.3 Å². The molecule has 1 fully saturated rings. The molecule has 1 aliphatic heterocycles. The lowest BCUT2D eigenvalue weighted by Crippen LogP contribution is -2.30. The number of hydrogen-bond acceptors (Lipinski definition) is 1. The molecule has 0 amide bonds. The minimum absolute atomic E-state index is 0.433. The maximum Gasteiger partial charge on any atom is 0.0234 e. The van der Waals surface area contributed by atoms with Crippen molar-refractivity contribution in [2.75, 3.05) is 13.1 Å². The highest BCUT2D eigenvalue weighted by Gasteiger charge is 2.46. The second kappa shape index (κ2) is 5.50. The van der Waals surface area contributed by atoms with Crippen LogP contribution in [0.5, 0.6) is 0 Å². The van der Waals surface area contributed by atoms with Crippen molar-refractivity contribution in [3.05, 3.63) is 69.7 Å². The number of rotatable bonds is 2. The zero-order valence-corrected chi connectivity index (χ0v) is 14.6. The smallest absolute Gasteiger partial charge is 0.0234 e. The molecule has 0 unspecified atom stereocenters. The molecule has 2 aromatic carbocycles. The molecule has 0 saturated carbocycles. The number of likely N-dealkylation sites (tertiary alicyclic amines) is 1. The van der Waals surface area contributed by atoms with Crippen LogP contribution in [0.1, 0.15) is 36.0 Å². The molecular formula is C20H22BrN. The SMILES string of the molecule is C[C@@]12CCc3c(Br)cccc3[C@@H]1CN(Cc1ccccc1)C2. The fourth-order valence-corrected chi connectivity index (χ4v) is 5.01. The minimum atomic E-state index is 0.433. The first-order valence-corrected chi connectivity index (χ1v) is 8.99. The third-order valence-corrected chi connectivity index (χ3v) is 6.34. The number of fused-ring (bicyclic) bond motifs is 3. The van der Waals surface area contributed by atoms with Crippen LogP contribution in [-0.2, 0) is 13.0 Å². The summed E-state index contributed by atoms with van der Waals surface area (Å²) >= 11 is 3.75. The predicted octanol–water partition coefficient (Wildman–Crippen LogP) is 5.00. The molecule has 22 heavy (non-hydrogen) atoms. The minimum Gasteiger partial charge on any atom is -0.298 e. The van der Waals surface area contributed by atoms with Crippen LogP contribution in [0.15, 0.2) is 53.0 Å².